The third kappa shape index (κ3) is 4.20. The summed E-state index contributed by atoms with van der Waals surface area (Å²) in [6.45, 7) is 8.36. The summed E-state index contributed by atoms with van der Waals surface area (Å²) in [6.07, 6.45) is 0.556. The molecule has 0 aliphatic carbocycles. The van der Waals surface area contributed by atoms with E-state index < -0.39 is 58.0 Å². The molecule has 0 radical (unpaired) electrons. The van der Waals surface area contributed by atoms with Crippen LogP contribution in [0.5, 0.6) is 5.75 Å². The molecule has 0 saturated carbocycles. The predicted octanol–water partition coefficient (Wildman–Crippen LogP) is 4.63. The SMILES string of the molecule is C=CC[C@@]1(C(=O)Oc2c(F)c(F)c(F)c(F)c2F)CCCN1C(=O)OC(C)(C)C. The Hall–Kier alpha value is -2.65. The maximum absolute atomic E-state index is 13.9. The van der Waals surface area contributed by atoms with Gasteiger partial charge in [-0.2, -0.15) is 8.78 Å². The molecule has 0 unspecified atom stereocenters. The predicted molar refractivity (Wildman–Crippen MR) is 91.6 cm³/mol. The van der Waals surface area contributed by atoms with Gasteiger partial charge in [-0.3, -0.25) is 4.90 Å². The molecule has 1 aromatic carbocycles. The van der Waals surface area contributed by atoms with Gasteiger partial charge in [0.25, 0.3) is 0 Å². The first kappa shape index (κ1) is 22.6. The average molecular weight is 421 g/mol. The Bertz CT molecular complexity index is 823. The third-order valence-electron chi connectivity index (χ3n) is 4.33. The van der Waals surface area contributed by atoms with Crippen molar-refractivity contribution in [1.82, 2.24) is 4.90 Å². The van der Waals surface area contributed by atoms with Gasteiger partial charge in [0.15, 0.2) is 0 Å². The van der Waals surface area contributed by atoms with E-state index in [-0.39, 0.29) is 19.4 Å². The number of benzene rings is 1. The molecule has 10 heteroatoms. The molecule has 1 fully saturated rings. The molecule has 160 valence electrons. The second-order valence-corrected chi connectivity index (χ2v) is 7.55. The Morgan fingerprint density at radius 2 is 1.59 bits per heavy atom. The van der Waals surface area contributed by atoms with Gasteiger partial charge in [0.2, 0.25) is 34.8 Å². The summed E-state index contributed by atoms with van der Waals surface area (Å²) < 4.78 is 77.7. The van der Waals surface area contributed by atoms with Crippen molar-refractivity contribution in [3.8, 4) is 5.75 Å². The molecule has 5 nitrogen and oxygen atoms in total. The van der Waals surface area contributed by atoms with E-state index >= 15 is 0 Å². The molecule has 1 heterocycles. The van der Waals surface area contributed by atoms with Gasteiger partial charge in [0.1, 0.15) is 11.1 Å². The van der Waals surface area contributed by atoms with Gasteiger partial charge in [-0.1, -0.05) is 6.08 Å². The molecule has 2 rings (SSSR count). The van der Waals surface area contributed by atoms with Crippen molar-refractivity contribution >= 4 is 12.1 Å². The number of likely N-dealkylation sites (tertiary alicyclic amines) is 1. The molecule has 1 aliphatic rings. The minimum Gasteiger partial charge on any atom is -0.444 e. The summed E-state index contributed by atoms with van der Waals surface area (Å²) >= 11 is 0. The van der Waals surface area contributed by atoms with Crippen LogP contribution in [0.25, 0.3) is 0 Å². The second kappa shape index (κ2) is 8.00. The molecule has 1 atom stereocenters. The van der Waals surface area contributed by atoms with Crippen LogP contribution in [-0.2, 0) is 9.53 Å². The molecule has 0 bridgehead atoms. The summed E-state index contributed by atoms with van der Waals surface area (Å²) in [5.74, 6) is -14.5. The zero-order valence-electron chi connectivity index (χ0n) is 16.1. The Morgan fingerprint density at radius 1 is 1.07 bits per heavy atom. The first-order chi connectivity index (χ1) is 13.4. The van der Waals surface area contributed by atoms with Crippen LogP contribution in [0.2, 0.25) is 0 Å². The fraction of sp³-hybridized carbons (Fsp3) is 0.474. The highest BCUT2D eigenvalue weighted by molar-refractivity contribution is 5.88. The molecule has 0 spiro atoms. The molecule has 0 aromatic heterocycles. The number of hydrogen-bond acceptors (Lipinski definition) is 4. The van der Waals surface area contributed by atoms with E-state index in [0.717, 1.165) is 4.90 Å². The Kier molecular flexibility index (Phi) is 6.24. The zero-order valence-corrected chi connectivity index (χ0v) is 16.1. The van der Waals surface area contributed by atoms with E-state index in [4.69, 9.17) is 4.74 Å². The summed E-state index contributed by atoms with van der Waals surface area (Å²) in [5, 5.41) is 0. The number of carbonyl (C=O) groups excluding carboxylic acids is 2. The molecule has 0 N–H and O–H groups in total. The maximum atomic E-state index is 13.9. The van der Waals surface area contributed by atoms with Gasteiger partial charge < -0.3 is 9.47 Å². The lowest BCUT2D eigenvalue weighted by atomic mass is 9.92. The topological polar surface area (TPSA) is 55.8 Å². The van der Waals surface area contributed by atoms with Gasteiger partial charge >= 0.3 is 12.1 Å². The average Bonchev–Trinajstić information content (AvgIpc) is 3.06. The van der Waals surface area contributed by atoms with Crippen LogP contribution in [0.15, 0.2) is 12.7 Å². The van der Waals surface area contributed by atoms with E-state index in [9.17, 15) is 31.5 Å². The summed E-state index contributed by atoms with van der Waals surface area (Å²) in [6, 6.07) is 0. The van der Waals surface area contributed by atoms with Crippen LogP contribution in [0.4, 0.5) is 26.7 Å². The van der Waals surface area contributed by atoms with Crippen LogP contribution in [0.1, 0.15) is 40.0 Å². The lowest BCUT2D eigenvalue weighted by Gasteiger charge is -2.36. The zero-order chi connectivity index (χ0) is 22.1. The van der Waals surface area contributed by atoms with Crippen molar-refractivity contribution in [2.75, 3.05) is 6.54 Å². The molecular formula is C19H20F5NO4. The van der Waals surface area contributed by atoms with Crippen LogP contribution in [0.3, 0.4) is 0 Å². The largest absolute Gasteiger partial charge is 0.444 e. The highest BCUT2D eigenvalue weighted by Gasteiger charge is 2.52. The number of ether oxygens (including phenoxy) is 2. The van der Waals surface area contributed by atoms with E-state index in [1.165, 1.54) is 6.08 Å². The van der Waals surface area contributed by atoms with Crippen molar-refractivity contribution in [2.24, 2.45) is 0 Å². The molecular weight excluding hydrogens is 401 g/mol. The first-order valence-electron chi connectivity index (χ1n) is 8.71. The van der Waals surface area contributed by atoms with Crippen molar-refractivity contribution < 1.29 is 41.0 Å². The van der Waals surface area contributed by atoms with Gasteiger partial charge in [-0.05, 0) is 40.0 Å². The van der Waals surface area contributed by atoms with Crippen LogP contribution < -0.4 is 4.74 Å². The first-order valence-corrected chi connectivity index (χ1v) is 8.71. The normalized spacial score (nSPS) is 19.2. The van der Waals surface area contributed by atoms with Gasteiger partial charge in [-0.15, -0.1) is 6.58 Å². The third-order valence-corrected chi connectivity index (χ3v) is 4.33. The highest BCUT2D eigenvalue weighted by atomic mass is 19.2. The Labute approximate surface area is 164 Å². The lowest BCUT2D eigenvalue weighted by Crippen LogP contribution is -2.55. The summed E-state index contributed by atoms with van der Waals surface area (Å²) in [4.78, 5) is 26.4. The molecule has 1 aromatic rings. The molecule has 1 saturated heterocycles. The Morgan fingerprint density at radius 3 is 2.07 bits per heavy atom. The number of hydrogen-bond donors (Lipinski definition) is 0. The number of rotatable bonds is 4. The number of amides is 1. The van der Waals surface area contributed by atoms with Crippen molar-refractivity contribution in [2.45, 2.75) is 51.2 Å². The standard InChI is InChI=1S/C19H20F5NO4/c1-5-7-19(8-6-9-25(19)17(27)29-18(2,3)4)16(26)28-15-13(23)11(21)10(20)12(22)14(15)24/h5H,1,6-9H2,2-4H3/t19-/m0/s1. The van der Waals surface area contributed by atoms with Crippen molar-refractivity contribution in [3.05, 3.63) is 41.7 Å². The minimum absolute atomic E-state index is 0.0203. The van der Waals surface area contributed by atoms with Crippen molar-refractivity contribution in [1.29, 1.82) is 0 Å². The van der Waals surface area contributed by atoms with E-state index in [1.54, 1.807) is 20.8 Å². The fourth-order valence-electron chi connectivity index (χ4n) is 3.07. The van der Waals surface area contributed by atoms with E-state index in [2.05, 4.69) is 11.3 Å². The van der Waals surface area contributed by atoms with E-state index in [1.807, 2.05) is 0 Å². The summed E-state index contributed by atoms with van der Waals surface area (Å²) in [7, 11) is 0. The second-order valence-electron chi connectivity index (χ2n) is 7.55. The smallest absolute Gasteiger partial charge is 0.411 e. The van der Waals surface area contributed by atoms with Crippen LogP contribution in [-0.4, -0.2) is 34.6 Å². The maximum Gasteiger partial charge on any atom is 0.411 e. The van der Waals surface area contributed by atoms with Crippen molar-refractivity contribution in [3.63, 3.8) is 0 Å². The quantitative estimate of drug-likeness (QED) is 0.178. The molecule has 1 amide bonds. The monoisotopic (exact) mass is 421 g/mol. The van der Waals surface area contributed by atoms with E-state index in [0.29, 0.717) is 6.42 Å². The van der Waals surface area contributed by atoms with Gasteiger partial charge in [0.05, 0.1) is 0 Å². The minimum atomic E-state index is -2.38. The number of carbonyl (C=O) groups is 2. The van der Waals surface area contributed by atoms with Gasteiger partial charge in [-0.25, -0.2) is 22.8 Å². The summed E-state index contributed by atoms with van der Waals surface area (Å²) in [5.41, 5.74) is -2.66. The highest BCUT2D eigenvalue weighted by Crippen LogP contribution is 2.37. The van der Waals surface area contributed by atoms with Crippen LogP contribution >= 0.6 is 0 Å². The van der Waals surface area contributed by atoms with Gasteiger partial charge in [0, 0.05) is 6.54 Å². The number of esters is 1. The molecule has 1 aliphatic heterocycles. The molecule has 29 heavy (non-hydrogen) atoms. The number of nitrogens with zero attached hydrogens (tertiary/aromatic N) is 1. The Balaban J connectivity index is 2.45. The fourth-order valence-corrected chi connectivity index (χ4v) is 3.07. The van der Waals surface area contributed by atoms with Crippen LogP contribution in [0, 0.1) is 29.1 Å². The lowest BCUT2D eigenvalue weighted by molar-refractivity contribution is -0.146. The number of halogens is 5.